The first-order chi connectivity index (χ1) is 9.36. The van der Waals surface area contributed by atoms with E-state index in [-0.39, 0.29) is 11.6 Å². The number of carbonyl (C=O) groups is 1. The molecular weight excluding hydrogens is 258 g/mol. The standard InChI is InChI=1S/C14H21N3O3/c1-9(2)10(3)8-16-14(18)11-5-6-12(15-4)13(7-11)17(19)20/h5-7,9-10,15H,8H2,1-4H3,(H,16,18). The number of nitrogens with zero attached hydrogens (tertiary/aromatic N) is 1. The maximum absolute atomic E-state index is 12.0. The zero-order valence-electron chi connectivity index (χ0n) is 12.3. The van der Waals surface area contributed by atoms with Gasteiger partial charge < -0.3 is 10.6 Å². The van der Waals surface area contributed by atoms with E-state index in [0.717, 1.165) is 0 Å². The summed E-state index contributed by atoms with van der Waals surface area (Å²) in [5.41, 5.74) is 0.589. The molecule has 1 aromatic rings. The normalized spacial score (nSPS) is 12.1. The van der Waals surface area contributed by atoms with Gasteiger partial charge in [0.2, 0.25) is 0 Å². The summed E-state index contributed by atoms with van der Waals surface area (Å²) in [6.45, 7) is 6.78. The molecule has 20 heavy (non-hydrogen) atoms. The molecule has 110 valence electrons. The van der Waals surface area contributed by atoms with E-state index in [2.05, 4.69) is 31.4 Å². The lowest BCUT2D eigenvalue weighted by Crippen LogP contribution is -2.30. The summed E-state index contributed by atoms with van der Waals surface area (Å²) in [6.07, 6.45) is 0. The van der Waals surface area contributed by atoms with Crippen LogP contribution in [0.4, 0.5) is 11.4 Å². The molecule has 0 radical (unpaired) electrons. The van der Waals surface area contributed by atoms with Gasteiger partial charge in [-0.3, -0.25) is 14.9 Å². The molecule has 0 saturated carbocycles. The third kappa shape index (κ3) is 3.94. The molecule has 6 nitrogen and oxygen atoms in total. The van der Waals surface area contributed by atoms with Crippen molar-refractivity contribution >= 4 is 17.3 Å². The Hall–Kier alpha value is -2.11. The van der Waals surface area contributed by atoms with E-state index < -0.39 is 4.92 Å². The van der Waals surface area contributed by atoms with Crippen molar-refractivity contribution in [1.29, 1.82) is 0 Å². The highest BCUT2D eigenvalue weighted by Crippen LogP contribution is 2.25. The van der Waals surface area contributed by atoms with Crippen LogP contribution in [0.2, 0.25) is 0 Å². The summed E-state index contributed by atoms with van der Waals surface area (Å²) in [7, 11) is 1.60. The zero-order valence-corrected chi connectivity index (χ0v) is 12.3. The van der Waals surface area contributed by atoms with Crippen molar-refractivity contribution in [1.82, 2.24) is 5.32 Å². The number of anilines is 1. The minimum Gasteiger partial charge on any atom is -0.383 e. The molecule has 0 fully saturated rings. The molecule has 0 spiro atoms. The number of nitro groups is 1. The van der Waals surface area contributed by atoms with Gasteiger partial charge in [0.25, 0.3) is 11.6 Å². The van der Waals surface area contributed by atoms with E-state index in [1.54, 1.807) is 19.2 Å². The molecule has 1 amide bonds. The van der Waals surface area contributed by atoms with Crippen molar-refractivity contribution in [2.24, 2.45) is 11.8 Å². The summed E-state index contributed by atoms with van der Waals surface area (Å²) in [6, 6.07) is 4.41. The van der Waals surface area contributed by atoms with Crippen molar-refractivity contribution in [3.8, 4) is 0 Å². The largest absolute Gasteiger partial charge is 0.383 e. The van der Waals surface area contributed by atoms with Gasteiger partial charge in [-0.2, -0.15) is 0 Å². The van der Waals surface area contributed by atoms with Gasteiger partial charge in [-0.15, -0.1) is 0 Å². The van der Waals surface area contributed by atoms with Crippen molar-refractivity contribution in [3.63, 3.8) is 0 Å². The van der Waals surface area contributed by atoms with Crippen LogP contribution in [-0.2, 0) is 0 Å². The molecule has 1 unspecified atom stereocenters. The molecule has 1 rings (SSSR count). The molecule has 6 heteroatoms. The third-order valence-corrected chi connectivity index (χ3v) is 3.45. The number of amides is 1. The second-order valence-electron chi connectivity index (χ2n) is 5.17. The lowest BCUT2D eigenvalue weighted by atomic mass is 9.98. The number of hydrogen-bond donors (Lipinski definition) is 2. The molecular formula is C14H21N3O3. The topological polar surface area (TPSA) is 84.3 Å². The van der Waals surface area contributed by atoms with Gasteiger partial charge in [0.05, 0.1) is 4.92 Å². The molecule has 0 heterocycles. The van der Waals surface area contributed by atoms with Crippen molar-refractivity contribution < 1.29 is 9.72 Å². The Labute approximate surface area is 118 Å². The van der Waals surface area contributed by atoms with Crippen LogP contribution >= 0.6 is 0 Å². The van der Waals surface area contributed by atoms with Crippen LogP contribution in [0.5, 0.6) is 0 Å². The monoisotopic (exact) mass is 279 g/mol. The molecule has 0 bridgehead atoms. The lowest BCUT2D eigenvalue weighted by Gasteiger charge is -2.16. The quantitative estimate of drug-likeness (QED) is 0.619. The minimum absolute atomic E-state index is 0.0999. The van der Waals surface area contributed by atoms with Gasteiger partial charge in [-0.05, 0) is 24.0 Å². The Bertz CT molecular complexity index is 500. The highest BCUT2D eigenvalue weighted by molar-refractivity contribution is 5.95. The lowest BCUT2D eigenvalue weighted by molar-refractivity contribution is -0.384. The smallest absolute Gasteiger partial charge is 0.293 e. The van der Waals surface area contributed by atoms with E-state index in [1.807, 2.05) is 0 Å². The maximum Gasteiger partial charge on any atom is 0.293 e. The van der Waals surface area contributed by atoms with Crippen molar-refractivity contribution in [3.05, 3.63) is 33.9 Å². The minimum atomic E-state index is -0.501. The molecule has 0 aromatic heterocycles. The summed E-state index contributed by atoms with van der Waals surface area (Å²) in [4.78, 5) is 22.4. The Morgan fingerprint density at radius 2 is 2.00 bits per heavy atom. The predicted molar refractivity (Wildman–Crippen MR) is 79.0 cm³/mol. The highest BCUT2D eigenvalue weighted by atomic mass is 16.6. The molecule has 0 aliphatic heterocycles. The first-order valence-corrected chi connectivity index (χ1v) is 6.61. The molecule has 0 aliphatic carbocycles. The van der Waals surface area contributed by atoms with E-state index in [4.69, 9.17) is 0 Å². The molecule has 0 aliphatic rings. The van der Waals surface area contributed by atoms with Crippen LogP contribution in [0.25, 0.3) is 0 Å². The second kappa shape index (κ2) is 6.88. The summed E-state index contributed by atoms with van der Waals surface area (Å²) >= 11 is 0. The Morgan fingerprint density at radius 1 is 1.35 bits per heavy atom. The number of hydrogen-bond acceptors (Lipinski definition) is 4. The number of carbonyl (C=O) groups excluding carboxylic acids is 1. The summed E-state index contributed by atoms with van der Waals surface area (Å²) in [5, 5.41) is 16.5. The molecule has 0 saturated heterocycles. The fourth-order valence-electron chi connectivity index (χ4n) is 1.63. The second-order valence-corrected chi connectivity index (χ2v) is 5.17. The maximum atomic E-state index is 12.0. The fraction of sp³-hybridized carbons (Fsp3) is 0.500. The van der Waals surface area contributed by atoms with Crippen LogP contribution in [0, 0.1) is 22.0 Å². The van der Waals surface area contributed by atoms with Crippen LogP contribution in [0.15, 0.2) is 18.2 Å². The average Bonchev–Trinajstić information content (AvgIpc) is 2.43. The van der Waals surface area contributed by atoms with Crippen molar-refractivity contribution in [2.75, 3.05) is 18.9 Å². The SMILES string of the molecule is CNc1ccc(C(=O)NCC(C)C(C)C)cc1[N+](=O)[O-]. The number of nitro benzene ring substituents is 1. The number of rotatable bonds is 6. The van der Waals surface area contributed by atoms with E-state index in [9.17, 15) is 14.9 Å². The van der Waals surface area contributed by atoms with Crippen LogP contribution in [0.3, 0.4) is 0 Å². The molecule has 1 atom stereocenters. The Morgan fingerprint density at radius 3 is 2.50 bits per heavy atom. The van der Waals surface area contributed by atoms with Gasteiger partial charge in [-0.1, -0.05) is 20.8 Å². The Kier molecular flexibility index (Phi) is 5.49. The number of benzene rings is 1. The van der Waals surface area contributed by atoms with Gasteiger partial charge in [-0.25, -0.2) is 0 Å². The molecule has 2 N–H and O–H groups in total. The van der Waals surface area contributed by atoms with Gasteiger partial charge in [0.1, 0.15) is 5.69 Å². The fourth-order valence-corrected chi connectivity index (χ4v) is 1.63. The average molecular weight is 279 g/mol. The highest BCUT2D eigenvalue weighted by Gasteiger charge is 2.17. The van der Waals surface area contributed by atoms with Gasteiger partial charge >= 0.3 is 0 Å². The van der Waals surface area contributed by atoms with Gasteiger partial charge in [0.15, 0.2) is 0 Å². The summed E-state index contributed by atoms with van der Waals surface area (Å²) in [5.74, 6) is 0.532. The third-order valence-electron chi connectivity index (χ3n) is 3.45. The predicted octanol–water partition coefficient (Wildman–Crippen LogP) is 2.66. The zero-order chi connectivity index (χ0) is 15.3. The first-order valence-electron chi connectivity index (χ1n) is 6.61. The van der Waals surface area contributed by atoms with Crippen molar-refractivity contribution in [2.45, 2.75) is 20.8 Å². The van der Waals surface area contributed by atoms with Crippen LogP contribution < -0.4 is 10.6 Å². The van der Waals surface area contributed by atoms with Crippen LogP contribution in [0.1, 0.15) is 31.1 Å². The Balaban J connectivity index is 2.84. The summed E-state index contributed by atoms with van der Waals surface area (Å²) < 4.78 is 0. The van der Waals surface area contributed by atoms with E-state index in [0.29, 0.717) is 29.6 Å². The van der Waals surface area contributed by atoms with Gasteiger partial charge in [0, 0.05) is 25.2 Å². The van der Waals surface area contributed by atoms with E-state index in [1.165, 1.54) is 6.07 Å². The first kappa shape index (κ1) is 15.9. The molecule has 1 aromatic carbocycles. The van der Waals surface area contributed by atoms with E-state index >= 15 is 0 Å². The van der Waals surface area contributed by atoms with Crippen LogP contribution in [-0.4, -0.2) is 24.4 Å². The number of nitrogens with one attached hydrogen (secondary N) is 2.